The molecular weight excluding hydrogens is 645 g/mol. The van der Waals surface area contributed by atoms with Crippen molar-refractivity contribution in [2.45, 2.75) is 101 Å². The summed E-state index contributed by atoms with van der Waals surface area (Å²) in [6, 6.07) is 13.6. The molecule has 0 bridgehead atoms. The zero-order valence-corrected chi connectivity index (χ0v) is 28.9. The number of hydrogen-bond donors (Lipinski definition) is 7. The van der Waals surface area contributed by atoms with Crippen LogP contribution < -0.4 is 33.2 Å². The van der Waals surface area contributed by atoms with E-state index in [1.807, 2.05) is 36.4 Å². The van der Waals surface area contributed by atoms with Crippen molar-refractivity contribution in [1.29, 1.82) is 0 Å². The summed E-state index contributed by atoms with van der Waals surface area (Å²) in [4.78, 5) is 67.6. The van der Waals surface area contributed by atoms with E-state index in [1.54, 1.807) is 24.3 Å². The first-order valence-electron chi connectivity index (χ1n) is 17.1. The lowest BCUT2D eigenvalue weighted by atomic mass is 9.88. The van der Waals surface area contributed by atoms with E-state index in [0.29, 0.717) is 19.4 Å². The molecule has 0 spiro atoms. The summed E-state index contributed by atoms with van der Waals surface area (Å²) in [5, 5.41) is 17.5. The third-order valence-electron chi connectivity index (χ3n) is 8.83. The number of alkyl halides is 1. The van der Waals surface area contributed by atoms with Crippen LogP contribution in [0.5, 0.6) is 0 Å². The Labute approximate surface area is 292 Å². The van der Waals surface area contributed by atoms with Crippen molar-refractivity contribution in [2.75, 3.05) is 19.6 Å². The molecule has 2 aromatic rings. The fourth-order valence-corrected chi connectivity index (χ4v) is 5.85. The van der Waals surface area contributed by atoms with E-state index in [0.717, 1.165) is 11.1 Å². The number of nitrogens with zero attached hydrogens (tertiary/aromatic N) is 1. The van der Waals surface area contributed by atoms with Crippen LogP contribution in [0, 0.1) is 0 Å². The standard InChI is InChI=1S/C36H52FN7O6/c1-35(2,37)23-29(32(47)41-27(15-9-10-18-38)33(48)44-19-16-36(40,17-20-44)34(49)50)43-31(46)28(22-25-13-7-4-8-14-25)42-30(45)26(39)21-24-11-5-3-6-12-24/h3-8,11-14,26-29H,9-10,15-23,38-40H2,1-2H3,(H,41,47)(H,42,45)(H,43,46)(H,49,50)/t26-,27-,28-,29?/m1/s1. The number of unbranched alkanes of at least 4 members (excludes halogenated alkanes) is 1. The summed E-state index contributed by atoms with van der Waals surface area (Å²) < 4.78 is 15.1. The van der Waals surface area contributed by atoms with Crippen molar-refractivity contribution >= 4 is 29.6 Å². The molecule has 1 unspecified atom stereocenters. The number of carboxylic acid groups (broad SMARTS) is 1. The molecule has 1 aliphatic heterocycles. The second kappa shape index (κ2) is 18.6. The van der Waals surface area contributed by atoms with Crippen LogP contribution >= 0.6 is 0 Å². The van der Waals surface area contributed by atoms with Crippen LogP contribution in [0.25, 0.3) is 0 Å². The number of likely N-dealkylation sites (tertiary alicyclic amines) is 1. The van der Waals surface area contributed by atoms with Gasteiger partial charge in [-0.3, -0.25) is 24.0 Å². The lowest BCUT2D eigenvalue weighted by Gasteiger charge is -2.38. The number of rotatable bonds is 18. The maximum Gasteiger partial charge on any atom is 0.323 e. The minimum Gasteiger partial charge on any atom is -0.480 e. The average Bonchev–Trinajstić information content (AvgIpc) is 3.07. The van der Waals surface area contributed by atoms with Gasteiger partial charge in [0.25, 0.3) is 0 Å². The predicted octanol–water partition coefficient (Wildman–Crippen LogP) is 0.925. The molecule has 2 aromatic carbocycles. The van der Waals surface area contributed by atoms with Gasteiger partial charge in [0, 0.05) is 25.9 Å². The smallest absolute Gasteiger partial charge is 0.323 e. The fourth-order valence-electron chi connectivity index (χ4n) is 5.85. The number of nitrogens with one attached hydrogen (secondary N) is 3. The van der Waals surface area contributed by atoms with E-state index >= 15 is 4.39 Å². The van der Waals surface area contributed by atoms with Crippen molar-refractivity contribution in [3.8, 4) is 0 Å². The van der Waals surface area contributed by atoms with Crippen molar-refractivity contribution in [3.63, 3.8) is 0 Å². The lowest BCUT2D eigenvalue weighted by molar-refractivity contribution is -0.148. The third kappa shape index (κ3) is 12.5. The predicted molar refractivity (Wildman–Crippen MR) is 187 cm³/mol. The van der Waals surface area contributed by atoms with Gasteiger partial charge in [-0.25, -0.2) is 4.39 Å². The molecule has 274 valence electrons. The number of piperidine rings is 1. The molecule has 4 atom stereocenters. The van der Waals surface area contributed by atoms with Crippen LogP contribution in [0.1, 0.15) is 63.5 Å². The van der Waals surface area contributed by atoms with Gasteiger partial charge in [-0.05, 0) is 70.0 Å². The molecule has 1 heterocycles. The Morgan fingerprint density at radius 3 is 1.84 bits per heavy atom. The van der Waals surface area contributed by atoms with Crippen LogP contribution in [0.4, 0.5) is 4.39 Å². The molecule has 50 heavy (non-hydrogen) atoms. The molecule has 14 heteroatoms. The monoisotopic (exact) mass is 697 g/mol. The molecule has 0 radical (unpaired) electrons. The molecule has 10 N–H and O–H groups in total. The van der Waals surface area contributed by atoms with E-state index in [-0.39, 0.29) is 45.2 Å². The first-order chi connectivity index (χ1) is 23.6. The van der Waals surface area contributed by atoms with Crippen molar-refractivity contribution < 1.29 is 33.5 Å². The van der Waals surface area contributed by atoms with Crippen LogP contribution in [-0.4, -0.2) is 94.6 Å². The number of aliphatic carboxylic acids is 1. The molecule has 0 aromatic heterocycles. The summed E-state index contributed by atoms with van der Waals surface area (Å²) in [5.74, 6) is -3.67. The molecule has 13 nitrogen and oxygen atoms in total. The van der Waals surface area contributed by atoms with Gasteiger partial charge < -0.3 is 43.2 Å². The van der Waals surface area contributed by atoms with Gasteiger partial charge in [0.05, 0.1) is 6.04 Å². The number of hydrogen-bond acceptors (Lipinski definition) is 8. The van der Waals surface area contributed by atoms with E-state index in [9.17, 15) is 29.1 Å². The maximum atomic E-state index is 15.1. The highest BCUT2D eigenvalue weighted by atomic mass is 19.1. The van der Waals surface area contributed by atoms with Gasteiger partial charge in [-0.15, -0.1) is 0 Å². The van der Waals surface area contributed by atoms with Gasteiger partial charge in [-0.1, -0.05) is 60.7 Å². The van der Waals surface area contributed by atoms with Crippen molar-refractivity contribution in [3.05, 3.63) is 71.8 Å². The van der Waals surface area contributed by atoms with Crippen molar-refractivity contribution in [1.82, 2.24) is 20.9 Å². The van der Waals surface area contributed by atoms with Crippen molar-refractivity contribution in [2.24, 2.45) is 17.2 Å². The zero-order valence-electron chi connectivity index (χ0n) is 28.9. The van der Waals surface area contributed by atoms with Crippen LogP contribution in [0.15, 0.2) is 60.7 Å². The summed E-state index contributed by atoms with van der Waals surface area (Å²) in [6.45, 7) is 3.06. The molecule has 0 aliphatic carbocycles. The van der Waals surface area contributed by atoms with Gasteiger partial charge in [0.15, 0.2) is 0 Å². The molecule has 3 rings (SSSR count). The van der Waals surface area contributed by atoms with Crippen LogP contribution in [-0.2, 0) is 36.8 Å². The molecule has 1 fully saturated rings. The van der Waals surface area contributed by atoms with E-state index < -0.39 is 71.4 Å². The first-order valence-corrected chi connectivity index (χ1v) is 17.1. The molecular formula is C36H52FN7O6. The Hall–Kier alpha value is -4.40. The Bertz CT molecular complexity index is 1430. The Kier molecular flexibility index (Phi) is 14.9. The number of amides is 4. The van der Waals surface area contributed by atoms with E-state index in [4.69, 9.17) is 17.2 Å². The third-order valence-corrected chi connectivity index (χ3v) is 8.83. The number of nitrogens with two attached hydrogens (primary N) is 3. The second-order valence-electron chi connectivity index (χ2n) is 13.7. The summed E-state index contributed by atoms with van der Waals surface area (Å²) in [6.07, 6.45) is 1.24. The number of carbonyl (C=O) groups is 5. The molecule has 1 saturated heterocycles. The summed E-state index contributed by atoms with van der Waals surface area (Å²) in [7, 11) is 0. The molecule has 0 saturated carbocycles. The largest absolute Gasteiger partial charge is 0.480 e. The van der Waals surface area contributed by atoms with E-state index in [2.05, 4.69) is 16.0 Å². The second-order valence-corrected chi connectivity index (χ2v) is 13.7. The van der Waals surface area contributed by atoms with Gasteiger partial charge in [0.2, 0.25) is 23.6 Å². The average molecular weight is 698 g/mol. The normalized spacial score (nSPS) is 16.7. The van der Waals surface area contributed by atoms with Gasteiger partial charge in [0.1, 0.15) is 29.3 Å². The van der Waals surface area contributed by atoms with Gasteiger partial charge >= 0.3 is 5.97 Å². The quantitative estimate of drug-likeness (QED) is 0.110. The van der Waals surface area contributed by atoms with Gasteiger partial charge in [-0.2, -0.15) is 0 Å². The number of carboxylic acids is 1. The lowest BCUT2D eigenvalue weighted by Crippen LogP contribution is -2.61. The summed E-state index contributed by atoms with van der Waals surface area (Å²) in [5.41, 5.74) is 16.1. The minimum absolute atomic E-state index is 0.0375. The Morgan fingerprint density at radius 2 is 1.32 bits per heavy atom. The minimum atomic E-state index is -1.90. The van der Waals surface area contributed by atoms with Crippen LogP contribution in [0.3, 0.4) is 0 Å². The van der Waals surface area contributed by atoms with E-state index in [1.165, 1.54) is 18.7 Å². The highest BCUT2D eigenvalue weighted by Gasteiger charge is 2.41. The number of carbonyl (C=O) groups excluding carboxylic acids is 4. The first kappa shape index (κ1) is 40.0. The van der Waals surface area contributed by atoms with Crippen LogP contribution in [0.2, 0.25) is 0 Å². The highest BCUT2D eigenvalue weighted by molar-refractivity contribution is 5.95. The number of benzene rings is 2. The zero-order chi connectivity index (χ0) is 36.9. The maximum absolute atomic E-state index is 15.1. The fraction of sp³-hybridized carbons (Fsp3) is 0.528. The number of halogens is 1. The molecule has 1 aliphatic rings. The Morgan fingerprint density at radius 1 is 0.820 bits per heavy atom. The highest BCUT2D eigenvalue weighted by Crippen LogP contribution is 2.22. The SMILES string of the molecule is CC(C)(F)CC(NC(=O)[C@@H](Cc1ccccc1)NC(=O)[C@H](N)Cc1ccccc1)C(=O)N[C@H](CCCCN)C(=O)N1CCC(N)(C(=O)O)CC1. The topological polar surface area (TPSA) is 223 Å². The molecule has 4 amide bonds. The Balaban J connectivity index is 1.80. The summed E-state index contributed by atoms with van der Waals surface area (Å²) >= 11 is 0.